The van der Waals surface area contributed by atoms with Crippen molar-refractivity contribution in [3.8, 4) is 0 Å². The molecule has 0 aliphatic rings. The monoisotopic (exact) mass is 204 g/mol. The van der Waals surface area contributed by atoms with E-state index >= 15 is 0 Å². The molecule has 0 unspecified atom stereocenters. The van der Waals surface area contributed by atoms with Crippen molar-refractivity contribution in [2.45, 2.75) is 33.1 Å². The molecule has 0 aliphatic carbocycles. The molecule has 3 heteroatoms. The average molecular weight is 204 g/mol. The van der Waals surface area contributed by atoms with Gasteiger partial charge in [0.25, 0.3) is 0 Å². The second kappa shape index (κ2) is 12.9. The average Bonchev–Trinajstić information content (AvgIpc) is 2.21. The van der Waals surface area contributed by atoms with Crippen LogP contribution in [0.2, 0.25) is 0 Å². The number of hydrogen-bond acceptors (Lipinski definition) is 3. The molecule has 0 N–H and O–H groups in total. The largest absolute Gasteiger partial charge is 0.382 e. The lowest BCUT2D eigenvalue weighted by Crippen LogP contribution is -2.04. The van der Waals surface area contributed by atoms with Crippen LogP contribution in [0.3, 0.4) is 0 Å². The quantitative estimate of drug-likeness (QED) is 0.483. The normalized spacial score (nSPS) is 10.7. The van der Waals surface area contributed by atoms with Crippen LogP contribution in [0.1, 0.15) is 33.1 Å². The van der Waals surface area contributed by atoms with Gasteiger partial charge in [0, 0.05) is 39.6 Å². The molecule has 14 heavy (non-hydrogen) atoms. The molecule has 0 fully saturated rings. The first-order chi connectivity index (χ1) is 6.91. The summed E-state index contributed by atoms with van der Waals surface area (Å²) in [5, 5.41) is 0. The second-order valence-electron chi connectivity index (χ2n) is 3.13. The van der Waals surface area contributed by atoms with Gasteiger partial charge in [-0.2, -0.15) is 0 Å². The zero-order valence-corrected chi connectivity index (χ0v) is 9.59. The van der Waals surface area contributed by atoms with Crippen molar-refractivity contribution in [1.82, 2.24) is 0 Å². The third-order valence-corrected chi connectivity index (χ3v) is 1.71. The van der Waals surface area contributed by atoms with Crippen molar-refractivity contribution in [2.75, 3.05) is 39.6 Å². The Morgan fingerprint density at radius 1 is 0.643 bits per heavy atom. The van der Waals surface area contributed by atoms with E-state index in [4.69, 9.17) is 14.2 Å². The molecule has 0 aromatic heterocycles. The molecule has 0 saturated heterocycles. The molecule has 0 rings (SSSR count). The van der Waals surface area contributed by atoms with E-state index < -0.39 is 0 Å². The Kier molecular flexibility index (Phi) is 12.8. The molecule has 86 valence electrons. The second-order valence-corrected chi connectivity index (χ2v) is 3.13. The molecule has 0 aromatic carbocycles. The topological polar surface area (TPSA) is 27.7 Å². The summed E-state index contributed by atoms with van der Waals surface area (Å²) < 4.78 is 15.9. The van der Waals surface area contributed by atoms with Crippen molar-refractivity contribution in [3.63, 3.8) is 0 Å². The van der Waals surface area contributed by atoms with Gasteiger partial charge in [-0.1, -0.05) is 6.92 Å². The highest BCUT2D eigenvalue weighted by Gasteiger charge is 1.90. The van der Waals surface area contributed by atoms with Crippen LogP contribution >= 0.6 is 0 Å². The van der Waals surface area contributed by atoms with Crippen molar-refractivity contribution in [3.05, 3.63) is 0 Å². The van der Waals surface area contributed by atoms with E-state index in [0.717, 1.165) is 58.9 Å². The summed E-state index contributed by atoms with van der Waals surface area (Å²) in [7, 11) is 0. The standard InChI is InChI=1S/C11H24O3/c1-3-7-13-9-6-11-14-10-5-8-12-4-2/h3-11H2,1-2H3. The van der Waals surface area contributed by atoms with Gasteiger partial charge >= 0.3 is 0 Å². The molecule has 0 aromatic rings. The van der Waals surface area contributed by atoms with E-state index in [1.54, 1.807) is 0 Å². The number of ether oxygens (including phenoxy) is 3. The van der Waals surface area contributed by atoms with Crippen molar-refractivity contribution in [1.29, 1.82) is 0 Å². The maximum Gasteiger partial charge on any atom is 0.0488 e. The highest BCUT2D eigenvalue weighted by molar-refractivity contribution is 4.37. The van der Waals surface area contributed by atoms with Crippen LogP contribution in [-0.2, 0) is 14.2 Å². The molecular weight excluding hydrogens is 180 g/mol. The highest BCUT2D eigenvalue weighted by Crippen LogP contribution is 1.89. The van der Waals surface area contributed by atoms with Crippen LogP contribution in [0.25, 0.3) is 0 Å². The zero-order chi connectivity index (χ0) is 10.5. The van der Waals surface area contributed by atoms with E-state index in [2.05, 4.69) is 6.92 Å². The first kappa shape index (κ1) is 13.9. The fraction of sp³-hybridized carbons (Fsp3) is 1.00. The lowest BCUT2D eigenvalue weighted by Gasteiger charge is -2.04. The third kappa shape index (κ3) is 11.9. The first-order valence-electron chi connectivity index (χ1n) is 5.65. The Hall–Kier alpha value is -0.120. The van der Waals surface area contributed by atoms with Crippen LogP contribution in [0.4, 0.5) is 0 Å². The molecule has 0 atom stereocenters. The van der Waals surface area contributed by atoms with Gasteiger partial charge in [-0.15, -0.1) is 0 Å². The Balaban J connectivity index is 2.78. The Morgan fingerprint density at radius 2 is 1.14 bits per heavy atom. The van der Waals surface area contributed by atoms with Crippen LogP contribution < -0.4 is 0 Å². The molecule has 0 amide bonds. The van der Waals surface area contributed by atoms with E-state index in [0.29, 0.717) is 0 Å². The van der Waals surface area contributed by atoms with Gasteiger partial charge in [0.2, 0.25) is 0 Å². The Labute approximate surface area is 87.7 Å². The van der Waals surface area contributed by atoms with Gasteiger partial charge in [0.05, 0.1) is 0 Å². The molecule has 3 nitrogen and oxygen atoms in total. The van der Waals surface area contributed by atoms with Gasteiger partial charge in [0.1, 0.15) is 0 Å². The number of rotatable bonds is 11. The minimum atomic E-state index is 0.796. The lowest BCUT2D eigenvalue weighted by atomic mass is 10.4. The summed E-state index contributed by atoms with van der Waals surface area (Å²) >= 11 is 0. The fourth-order valence-electron chi connectivity index (χ4n) is 1.02. The Morgan fingerprint density at radius 3 is 1.64 bits per heavy atom. The predicted molar refractivity (Wildman–Crippen MR) is 57.7 cm³/mol. The van der Waals surface area contributed by atoms with Crippen LogP contribution in [0.5, 0.6) is 0 Å². The molecule has 0 spiro atoms. The maximum absolute atomic E-state index is 5.40. The van der Waals surface area contributed by atoms with Crippen molar-refractivity contribution in [2.24, 2.45) is 0 Å². The van der Waals surface area contributed by atoms with Crippen LogP contribution in [-0.4, -0.2) is 39.6 Å². The number of hydrogen-bond donors (Lipinski definition) is 0. The lowest BCUT2D eigenvalue weighted by molar-refractivity contribution is 0.0659. The molecule has 0 bridgehead atoms. The minimum absolute atomic E-state index is 0.796. The highest BCUT2D eigenvalue weighted by atomic mass is 16.5. The predicted octanol–water partition coefficient (Wildman–Crippen LogP) is 2.25. The maximum atomic E-state index is 5.40. The van der Waals surface area contributed by atoms with Crippen molar-refractivity contribution >= 4 is 0 Å². The SMILES string of the molecule is CCCOCCCOCCCOCC. The van der Waals surface area contributed by atoms with Gasteiger partial charge < -0.3 is 14.2 Å². The summed E-state index contributed by atoms with van der Waals surface area (Å²) in [4.78, 5) is 0. The molecule has 0 radical (unpaired) electrons. The summed E-state index contributed by atoms with van der Waals surface area (Å²) in [6.45, 7) is 9.01. The summed E-state index contributed by atoms with van der Waals surface area (Å²) in [6, 6.07) is 0. The molecule has 0 heterocycles. The first-order valence-corrected chi connectivity index (χ1v) is 5.65. The third-order valence-electron chi connectivity index (χ3n) is 1.71. The van der Waals surface area contributed by atoms with Crippen LogP contribution in [0.15, 0.2) is 0 Å². The smallest absolute Gasteiger partial charge is 0.0488 e. The van der Waals surface area contributed by atoms with E-state index in [-0.39, 0.29) is 0 Å². The summed E-state index contributed by atoms with van der Waals surface area (Å²) in [5.41, 5.74) is 0. The summed E-state index contributed by atoms with van der Waals surface area (Å²) in [5.74, 6) is 0. The fourth-order valence-corrected chi connectivity index (χ4v) is 1.02. The van der Waals surface area contributed by atoms with E-state index in [1.807, 2.05) is 6.92 Å². The van der Waals surface area contributed by atoms with Gasteiger partial charge in [-0.3, -0.25) is 0 Å². The molecule has 0 saturated carbocycles. The van der Waals surface area contributed by atoms with Crippen LogP contribution in [0, 0.1) is 0 Å². The Bertz CT molecular complexity index is 84.5. The molecular formula is C11H24O3. The minimum Gasteiger partial charge on any atom is -0.382 e. The summed E-state index contributed by atoms with van der Waals surface area (Å²) in [6.07, 6.45) is 3.08. The van der Waals surface area contributed by atoms with Gasteiger partial charge in [-0.25, -0.2) is 0 Å². The van der Waals surface area contributed by atoms with E-state index in [1.165, 1.54) is 0 Å². The van der Waals surface area contributed by atoms with Crippen molar-refractivity contribution < 1.29 is 14.2 Å². The zero-order valence-electron chi connectivity index (χ0n) is 9.59. The molecule has 0 aliphatic heterocycles. The van der Waals surface area contributed by atoms with E-state index in [9.17, 15) is 0 Å². The van der Waals surface area contributed by atoms with Gasteiger partial charge in [0.15, 0.2) is 0 Å². The van der Waals surface area contributed by atoms with Gasteiger partial charge in [-0.05, 0) is 26.2 Å².